The summed E-state index contributed by atoms with van der Waals surface area (Å²) in [6.45, 7) is 2.15. The van der Waals surface area contributed by atoms with Gasteiger partial charge in [0.2, 0.25) is 5.76 Å². The van der Waals surface area contributed by atoms with Gasteiger partial charge in [-0.1, -0.05) is 0 Å². The molecular weight excluding hydrogens is 317 g/mol. The third-order valence-electron chi connectivity index (χ3n) is 3.19. The molecule has 1 aromatic heterocycles. The highest BCUT2D eigenvalue weighted by Crippen LogP contribution is 2.23. The Bertz CT molecular complexity index is 695. The number of amides is 1. The summed E-state index contributed by atoms with van der Waals surface area (Å²) in [6.07, 6.45) is -0.964. The molecule has 1 atom stereocenters. The lowest BCUT2D eigenvalue weighted by atomic mass is 10.2. The van der Waals surface area contributed by atoms with Crippen LogP contribution in [0.4, 0.5) is 4.39 Å². The van der Waals surface area contributed by atoms with Crippen molar-refractivity contribution in [3.63, 3.8) is 0 Å². The molecule has 2 aromatic rings. The second-order valence-corrected chi connectivity index (χ2v) is 5.00. The van der Waals surface area contributed by atoms with Crippen LogP contribution in [0.3, 0.4) is 0 Å². The molecule has 0 aliphatic heterocycles. The second kappa shape index (κ2) is 8.26. The Hall–Kier alpha value is -2.67. The Morgan fingerprint density at radius 1 is 1.21 bits per heavy atom. The normalized spacial score (nSPS) is 11.8. The topological polar surface area (TPSA) is 77.8 Å². The molecule has 2 rings (SSSR count). The summed E-state index contributed by atoms with van der Waals surface area (Å²) in [6, 6.07) is 8.68. The Morgan fingerprint density at radius 3 is 2.58 bits per heavy atom. The summed E-state index contributed by atoms with van der Waals surface area (Å²) in [5.74, 6) is -1.17. The van der Waals surface area contributed by atoms with Crippen molar-refractivity contribution in [2.75, 3.05) is 20.3 Å². The first kappa shape index (κ1) is 17.7. The van der Waals surface area contributed by atoms with Gasteiger partial charge in [-0.25, -0.2) is 9.18 Å². The maximum Gasteiger partial charge on any atom is 0.375 e. The third kappa shape index (κ3) is 4.66. The van der Waals surface area contributed by atoms with E-state index in [2.05, 4.69) is 5.32 Å². The molecule has 0 aliphatic rings. The molecule has 0 aliphatic carbocycles. The quantitative estimate of drug-likeness (QED) is 0.621. The molecule has 6 nitrogen and oxygen atoms in total. The SMILES string of the molecule is COCCNC(=O)[C@@H](C)OC(=O)c1ccc(-c2ccc(F)cc2)o1. The number of benzene rings is 1. The average molecular weight is 335 g/mol. The second-order valence-electron chi connectivity index (χ2n) is 5.00. The number of halogens is 1. The van der Waals surface area contributed by atoms with Crippen molar-refractivity contribution < 1.29 is 27.9 Å². The number of nitrogens with one attached hydrogen (secondary N) is 1. The number of carbonyl (C=O) groups excluding carboxylic acids is 2. The molecule has 1 N–H and O–H groups in total. The van der Waals surface area contributed by atoms with Crippen LogP contribution < -0.4 is 5.32 Å². The maximum atomic E-state index is 12.9. The summed E-state index contributed by atoms with van der Waals surface area (Å²) >= 11 is 0. The molecule has 7 heteroatoms. The number of ether oxygens (including phenoxy) is 2. The van der Waals surface area contributed by atoms with Crippen LogP contribution >= 0.6 is 0 Å². The summed E-state index contributed by atoms with van der Waals surface area (Å²) in [7, 11) is 1.52. The zero-order valence-corrected chi connectivity index (χ0v) is 13.4. The lowest BCUT2D eigenvalue weighted by Crippen LogP contribution is -2.37. The number of rotatable bonds is 7. The summed E-state index contributed by atoms with van der Waals surface area (Å²) < 4.78 is 28.2. The highest BCUT2D eigenvalue weighted by molar-refractivity contribution is 5.90. The van der Waals surface area contributed by atoms with Gasteiger partial charge in [-0.2, -0.15) is 0 Å². The smallest absolute Gasteiger partial charge is 0.375 e. The number of carbonyl (C=O) groups is 2. The van der Waals surface area contributed by atoms with Crippen molar-refractivity contribution in [1.29, 1.82) is 0 Å². The maximum absolute atomic E-state index is 12.9. The summed E-state index contributed by atoms with van der Waals surface area (Å²) in [5, 5.41) is 2.57. The van der Waals surface area contributed by atoms with Crippen LogP contribution in [-0.4, -0.2) is 38.2 Å². The van der Waals surface area contributed by atoms with Gasteiger partial charge in [0, 0.05) is 19.2 Å². The predicted octanol–water partition coefficient (Wildman–Crippen LogP) is 2.39. The number of hydrogen-bond acceptors (Lipinski definition) is 5. The fourth-order valence-corrected chi connectivity index (χ4v) is 1.91. The van der Waals surface area contributed by atoms with Crippen LogP contribution in [0.5, 0.6) is 0 Å². The van der Waals surface area contributed by atoms with Crippen LogP contribution in [0.25, 0.3) is 11.3 Å². The molecule has 0 spiro atoms. The Labute approximate surface area is 138 Å². The molecular formula is C17H18FNO5. The molecule has 0 bridgehead atoms. The van der Waals surface area contributed by atoms with Gasteiger partial charge < -0.3 is 19.2 Å². The standard InChI is InChI=1S/C17H18FNO5/c1-11(16(20)19-9-10-22-2)23-17(21)15-8-7-14(24-15)12-3-5-13(18)6-4-12/h3-8,11H,9-10H2,1-2H3,(H,19,20)/t11-/m1/s1. The minimum absolute atomic E-state index is 0.0362. The molecule has 1 aromatic carbocycles. The largest absolute Gasteiger partial charge is 0.449 e. The van der Waals surface area contributed by atoms with E-state index in [1.54, 1.807) is 6.07 Å². The van der Waals surface area contributed by atoms with E-state index in [0.717, 1.165) is 0 Å². The fraction of sp³-hybridized carbons (Fsp3) is 0.294. The molecule has 128 valence electrons. The Balaban J connectivity index is 1.95. The molecule has 0 saturated heterocycles. The van der Waals surface area contributed by atoms with Crippen molar-refractivity contribution in [3.8, 4) is 11.3 Å². The molecule has 0 radical (unpaired) electrons. The van der Waals surface area contributed by atoms with E-state index in [0.29, 0.717) is 24.5 Å². The first-order valence-electron chi connectivity index (χ1n) is 7.34. The van der Waals surface area contributed by atoms with Crippen molar-refractivity contribution in [2.45, 2.75) is 13.0 Å². The molecule has 24 heavy (non-hydrogen) atoms. The van der Waals surface area contributed by atoms with Gasteiger partial charge in [0.05, 0.1) is 6.61 Å². The minimum Gasteiger partial charge on any atom is -0.449 e. The summed E-state index contributed by atoms with van der Waals surface area (Å²) in [5.41, 5.74) is 0.626. The first-order valence-corrected chi connectivity index (χ1v) is 7.34. The van der Waals surface area contributed by atoms with Gasteiger partial charge in [0.15, 0.2) is 6.10 Å². The predicted molar refractivity (Wildman–Crippen MR) is 83.9 cm³/mol. The van der Waals surface area contributed by atoms with E-state index in [-0.39, 0.29) is 11.6 Å². The lowest BCUT2D eigenvalue weighted by molar-refractivity contribution is -0.129. The molecule has 0 fully saturated rings. The highest BCUT2D eigenvalue weighted by atomic mass is 19.1. The number of furan rings is 1. The highest BCUT2D eigenvalue weighted by Gasteiger charge is 2.21. The molecule has 1 heterocycles. The molecule has 0 unspecified atom stereocenters. The van der Waals surface area contributed by atoms with Crippen LogP contribution in [-0.2, 0) is 14.3 Å². The minimum atomic E-state index is -0.964. The van der Waals surface area contributed by atoms with E-state index in [1.807, 2.05) is 0 Å². The number of hydrogen-bond donors (Lipinski definition) is 1. The van der Waals surface area contributed by atoms with E-state index in [4.69, 9.17) is 13.9 Å². The number of methoxy groups -OCH3 is 1. The first-order chi connectivity index (χ1) is 11.5. The molecule has 0 saturated carbocycles. The molecule has 1 amide bonds. The van der Waals surface area contributed by atoms with Gasteiger partial charge in [-0.3, -0.25) is 4.79 Å². The van der Waals surface area contributed by atoms with Crippen molar-refractivity contribution in [1.82, 2.24) is 5.32 Å². The third-order valence-corrected chi connectivity index (χ3v) is 3.19. The number of esters is 1. The van der Waals surface area contributed by atoms with E-state index >= 15 is 0 Å². The van der Waals surface area contributed by atoms with Gasteiger partial charge in [0.25, 0.3) is 5.91 Å². The van der Waals surface area contributed by atoms with Gasteiger partial charge >= 0.3 is 5.97 Å². The average Bonchev–Trinajstić information content (AvgIpc) is 3.05. The van der Waals surface area contributed by atoms with Crippen molar-refractivity contribution >= 4 is 11.9 Å². The fourth-order valence-electron chi connectivity index (χ4n) is 1.91. The van der Waals surface area contributed by atoms with Crippen LogP contribution in [0, 0.1) is 5.82 Å². The van der Waals surface area contributed by atoms with Crippen molar-refractivity contribution in [2.24, 2.45) is 0 Å². The van der Waals surface area contributed by atoms with Crippen LogP contribution in [0.1, 0.15) is 17.5 Å². The zero-order valence-electron chi connectivity index (χ0n) is 13.4. The van der Waals surface area contributed by atoms with E-state index in [1.165, 1.54) is 44.4 Å². The van der Waals surface area contributed by atoms with E-state index < -0.39 is 18.0 Å². The zero-order chi connectivity index (χ0) is 17.5. The lowest BCUT2D eigenvalue weighted by Gasteiger charge is -2.12. The Morgan fingerprint density at radius 2 is 1.92 bits per heavy atom. The van der Waals surface area contributed by atoms with Crippen molar-refractivity contribution in [3.05, 3.63) is 48.0 Å². The monoisotopic (exact) mass is 335 g/mol. The van der Waals surface area contributed by atoms with Crippen LogP contribution in [0.15, 0.2) is 40.8 Å². The van der Waals surface area contributed by atoms with Gasteiger partial charge in [0.1, 0.15) is 11.6 Å². The van der Waals surface area contributed by atoms with Crippen LogP contribution in [0.2, 0.25) is 0 Å². The van der Waals surface area contributed by atoms with E-state index in [9.17, 15) is 14.0 Å². The van der Waals surface area contributed by atoms with Gasteiger partial charge in [-0.15, -0.1) is 0 Å². The van der Waals surface area contributed by atoms with Gasteiger partial charge in [-0.05, 0) is 43.3 Å². The summed E-state index contributed by atoms with van der Waals surface area (Å²) in [4.78, 5) is 23.7. The Kier molecular flexibility index (Phi) is 6.08.